The molecule has 1 aliphatic heterocycles. The van der Waals surface area contributed by atoms with Crippen LogP contribution in [0.25, 0.3) is 0 Å². The van der Waals surface area contributed by atoms with Gasteiger partial charge in [0, 0.05) is 32.2 Å². The summed E-state index contributed by atoms with van der Waals surface area (Å²) in [5.74, 6) is -0.899. The van der Waals surface area contributed by atoms with Crippen molar-refractivity contribution in [1.82, 2.24) is 4.90 Å². The molecule has 21 heavy (non-hydrogen) atoms. The first-order chi connectivity index (χ1) is 9.97. The second kappa shape index (κ2) is 6.56. The summed E-state index contributed by atoms with van der Waals surface area (Å²) in [5.41, 5.74) is 0.635. The normalized spacial score (nSPS) is 17.8. The van der Waals surface area contributed by atoms with Crippen molar-refractivity contribution in [3.05, 3.63) is 30.1 Å². The maximum Gasteiger partial charge on any atom is 0.324 e. The zero-order valence-electron chi connectivity index (χ0n) is 12.0. The van der Waals surface area contributed by atoms with Crippen LogP contribution in [-0.2, 0) is 4.79 Å². The van der Waals surface area contributed by atoms with E-state index in [1.54, 1.807) is 24.1 Å². The standard InChI is InChI=1S/C15H19FN2O3/c1-17(13-5-3-12(16)4-6-13)15(21)18-9-8-11(10-18)2-7-14(19)20/h3-6,11H,2,7-10H2,1H3,(H,19,20). The van der Waals surface area contributed by atoms with Gasteiger partial charge >= 0.3 is 12.0 Å². The van der Waals surface area contributed by atoms with Crippen LogP contribution in [0.3, 0.4) is 0 Å². The summed E-state index contributed by atoms with van der Waals surface area (Å²) in [4.78, 5) is 26.1. The number of rotatable bonds is 4. The Balaban J connectivity index is 1.91. The number of hydrogen-bond donors (Lipinski definition) is 1. The molecule has 114 valence electrons. The van der Waals surface area contributed by atoms with Crippen molar-refractivity contribution in [2.45, 2.75) is 19.3 Å². The molecule has 0 radical (unpaired) electrons. The van der Waals surface area contributed by atoms with Crippen LogP contribution in [0.1, 0.15) is 19.3 Å². The fraction of sp³-hybridized carbons (Fsp3) is 0.467. The maximum absolute atomic E-state index is 12.9. The van der Waals surface area contributed by atoms with E-state index in [0.29, 0.717) is 25.2 Å². The summed E-state index contributed by atoms with van der Waals surface area (Å²) in [6, 6.07) is 5.62. The molecule has 0 saturated carbocycles. The molecule has 0 aromatic heterocycles. The summed E-state index contributed by atoms with van der Waals surface area (Å²) >= 11 is 0. The minimum Gasteiger partial charge on any atom is -0.481 e. The van der Waals surface area contributed by atoms with Gasteiger partial charge in [-0.2, -0.15) is 0 Å². The van der Waals surface area contributed by atoms with E-state index >= 15 is 0 Å². The minimum atomic E-state index is -0.803. The molecule has 6 heteroatoms. The van der Waals surface area contributed by atoms with Gasteiger partial charge < -0.3 is 10.0 Å². The average Bonchev–Trinajstić information content (AvgIpc) is 2.93. The van der Waals surface area contributed by atoms with E-state index in [0.717, 1.165) is 6.42 Å². The largest absolute Gasteiger partial charge is 0.481 e. The molecule has 2 rings (SSSR count). The van der Waals surface area contributed by atoms with Gasteiger partial charge in [-0.15, -0.1) is 0 Å². The third-order valence-corrected chi connectivity index (χ3v) is 3.82. The van der Waals surface area contributed by atoms with Crippen LogP contribution in [0.4, 0.5) is 14.9 Å². The molecule has 2 amide bonds. The van der Waals surface area contributed by atoms with Crippen molar-refractivity contribution < 1.29 is 19.1 Å². The molecule has 0 spiro atoms. The van der Waals surface area contributed by atoms with Gasteiger partial charge in [-0.25, -0.2) is 9.18 Å². The quantitative estimate of drug-likeness (QED) is 0.928. The number of carboxylic acids is 1. The number of amides is 2. The van der Waals surface area contributed by atoms with Crippen LogP contribution < -0.4 is 4.90 Å². The number of halogens is 1. The van der Waals surface area contributed by atoms with Crippen molar-refractivity contribution >= 4 is 17.7 Å². The molecule has 1 aromatic rings. The Labute approximate surface area is 123 Å². The Morgan fingerprint density at radius 3 is 2.67 bits per heavy atom. The van der Waals surface area contributed by atoms with Gasteiger partial charge in [0.05, 0.1) is 0 Å². The Hall–Kier alpha value is -2.11. The Morgan fingerprint density at radius 2 is 2.05 bits per heavy atom. The summed E-state index contributed by atoms with van der Waals surface area (Å²) in [6.07, 6.45) is 1.57. The zero-order chi connectivity index (χ0) is 15.4. The average molecular weight is 294 g/mol. The third-order valence-electron chi connectivity index (χ3n) is 3.82. The molecule has 1 N–H and O–H groups in total. The van der Waals surface area contributed by atoms with Crippen LogP contribution in [-0.4, -0.2) is 42.1 Å². The number of aliphatic carboxylic acids is 1. The maximum atomic E-state index is 12.9. The first-order valence-corrected chi connectivity index (χ1v) is 6.97. The predicted molar refractivity (Wildman–Crippen MR) is 76.7 cm³/mol. The lowest BCUT2D eigenvalue weighted by Gasteiger charge is -2.24. The van der Waals surface area contributed by atoms with E-state index in [-0.39, 0.29) is 24.2 Å². The van der Waals surface area contributed by atoms with Crippen LogP contribution in [0.2, 0.25) is 0 Å². The second-order valence-corrected chi connectivity index (χ2v) is 5.35. The van der Waals surface area contributed by atoms with E-state index in [9.17, 15) is 14.0 Å². The van der Waals surface area contributed by atoms with E-state index < -0.39 is 5.97 Å². The molecule has 1 unspecified atom stereocenters. The number of urea groups is 1. The first kappa shape index (κ1) is 15.3. The molecule has 0 aliphatic carbocycles. The number of hydrogen-bond acceptors (Lipinski definition) is 2. The monoisotopic (exact) mass is 294 g/mol. The first-order valence-electron chi connectivity index (χ1n) is 6.97. The number of nitrogens with zero attached hydrogens (tertiary/aromatic N) is 2. The topological polar surface area (TPSA) is 60.9 Å². The number of carbonyl (C=O) groups is 2. The second-order valence-electron chi connectivity index (χ2n) is 5.35. The van der Waals surface area contributed by atoms with Gasteiger partial charge in [-0.05, 0) is 43.0 Å². The zero-order valence-corrected chi connectivity index (χ0v) is 12.0. The molecule has 1 heterocycles. The van der Waals surface area contributed by atoms with Crippen molar-refractivity contribution in [2.75, 3.05) is 25.0 Å². The lowest BCUT2D eigenvalue weighted by Crippen LogP contribution is -2.40. The third kappa shape index (κ3) is 3.93. The minimum absolute atomic E-state index is 0.139. The molecule has 1 saturated heterocycles. The van der Waals surface area contributed by atoms with Crippen LogP contribution in [0.15, 0.2) is 24.3 Å². The lowest BCUT2D eigenvalue weighted by molar-refractivity contribution is -0.137. The van der Waals surface area contributed by atoms with Crippen molar-refractivity contribution in [2.24, 2.45) is 5.92 Å². The van der Waals surface area contributed by atoms with Gasteiger partial charge in [-0.1, -0.05) is 0 Å². The van der Waals surface area contributed by atoms with Crippen molar-refractivity contribution in [3.63, 3.8) is 0 Å². The Morgan fingerprint density at radius 1 is 1.38 bits per heavy atom. The fourth-order valence-corrected chi connectivity index (χ4v) is 2.56. The number of carboxylic acid groups (broad SMARTS) is 1. The highest BCUT2D eigenvalue weighted by atomic mass is 19.1. The van der Waals surface area contributed by atoms with Crippen LogP contribution >= 0.6 is 0 Å². The van der Waals surface area contributed by atoms with E-state index in [1.165, 1.54) is 17.0 Å². The van der Waals surface area contributed by atoms with Crippen LogP contribution in [0, 0.1) is 11.7 Å². The molecule has 1 aliphatic rings. The number of anilines is 1. The van der Waals surface area contributed by atoms with Crippen LogP contribution in [0.5, 0.6) is 0 Å². The summed E-state index contributed by atoms with van der Waals surface area (Å²) in [7, 11) is 1.65. The Kier molecular flexibility index (Phi) is 4.77. The van der Waals surface area contributed by atoms with Gasteiger partial charge in [-0.3, -0.25) is 9.69 Å². The number of likely N-dealkylation sites (tertiary alicyclic amines) is 1. The highest BCUT2D eigenvalue weighted by Crippen LogP contribution is 2.23. The summed E-state index contributed by atoms with van der Waals surface area (Å²) in [5, 5.41) is 8.69. The summed E-state index contributed by atoms with van der Waals surface area (Å²) < 4.78 is 12.9. The Bertz CT molecular complexity index is 518. The van der Waals surface area contributed by atoms with E-state index in [2.05, 4.69) is 0 Å². The fourth-order valence-electron chi connectivity index (χ4n) is 2.56. The smallest absolute Gasteiger partial charge is 0.324 e. The molecule has 1 fully saturated rings. The van der Waals surface area contributed by atoms with Gasteiger partial charge in [0.2, 0.25) is 0 Å². The molecule has 1 atom stereocenters. The summed E-state index contributed by atoms with van der Waals surface area (Å²) in [6.45, 7) is 1.21. The molecular weight excluding hydrogens is 275 g/mol. The van der Waals surface area contributed by atoms with Crippen molar-refractivity contribution in [3.8, 4) is 0 Å². The van der Waals surface area contributed by atoms with Gasteiger partial charge in [0.1, 0.15) is 5.82 Å². The molecule has 1 aromatic carbocycles. The molecule has 5 nitrogen and oxygen atoms in total. The number of carbonyl (C=O) groups excluding carboxylic acids is 1. The highest BCUT2D eigenvalue weighted by molar-refractivity contribution is 5.91. The lowest BCUT2D eigenvalue weighted by atomic mass is 10.0. The van der Waals surface area contributed by atoms with E-state index in [4.69, 9.17) is 5.11 Å². The van der Waals surface area contributed by atoms with Gasteiger partial charge in [0.25, 0.3) is 0 Å². The molecule has 0 bridgehead atoms. The molecular formula is C15H19FN2O3. The SMILES string of the molecule is CN(C(=O)N1CCC(CCC(=O)O)C1)c1ccc(F)cc1. The predicted octanol–water partition coefficient (Wildman–Crippen LogP) is 2.57. The van der Waals surface area contributed by atoms with Crippen molar-refractivity contribution in [1.29, 1.82) is 0 Å². The van der Waals surface area contributed by atoms with E-state index in [1.807, 2.05) is 0 Å². The highest BCUT2D eigenvalue weighted by Gasteiger charge is 2.28. The number of benzene rings is 1. The van der Waals surface area contributed by atoms with Gasteiger partial charge in [0.15, 0.2) is 0 Å².